The van der Waals surface area contributed by atoms with E-state index in [-0.39, 0.29) is 23.0 Å². The van der Waals surface area contributed by atoms with Crippen LogP contribution in [0.4, 0.5) is 13.2 Å². The maximum atomic E-state index is 14.9. The second-order valence-corrected chi connectivity index (χ2v) is 9.67. The summed E-state index contributed by atoms with van der Waals surface area (Å²) in [4.78, 5) is 12.6. The van der Waals surface area contributed by atoms with Crippen molar-refractivity contribution in [3.05, 3.63) is 95.8 Å². The molecule has 1 saturated carbocycles. The summed E-state index contributed by atoms with van der Waals surface area (Å²) in [5.74, 6) is -3.62. The molecule has 1 N–H and O–H groups in total. The molecule has 1 fully saturated rings. The number of halogens is 3. The second kappa shape index (κ2) is 12.3. The third-order valence-electron chi connectivity index (χ3n) is 7.14. The zero-order valence-electron chi connectivity index (χ0n) is 21.3. The van der Waals surface area contributed by atoms with Crippen LogP contribution in [-0.4, -0.2) is 23.8 Å². The molecule has 0 radical (unpaired) electrons. The Kier molecular flexibility index (Phi) is 8.89. The van der Waals surface area contributed by atoms with Crippen LogP contribution in [0.2, 0.25) is 0 Å². The lowest BCUT2D eigenvalue weighted by molar-refractivity contribution is 0.0726. The second-order valence-electron chi connectivity index (χ2n) is 9.67. The Morgan fingerprint density at radius 3 is 2.37 bits per heavy atom. The molecule has 3 aromatic rings. The standard InChI is InChI=1S/C31H31F3O4/c1-3-4-17-37-24-13-14-25(27(32)18-24)21-9-11-23(12-10-21)31(36)38-28-16-15-26(29(33)30(28)34)22-7-5-20(6-8-22)19(2)35/h3,9-16,18-20,22,35H,1,4-8,17H2,2H3. The number of carbonyl (C=O) groups is 1. The SMILES string of the molecule is C=CCCOc1ccc(-c2ccc(C(=O)Oc3ccc(C4CCC(C(C)O)CC4)c(F)c3F)cc2)c(F)c1. The Balaban J connectivity index is 1.42. The first-order chi connectivity index (χ1) is 18.3. The Morgan fingerprint density at radius 1 is 1.03 bits per heavy atom. The lowest BCUT2D eigenvalue weighted by Crippen LogP contribution is -2.23. The van der Waals surface area contributed by atoms with E-state index in [1.165, 1.54) is 30.3 Å². The lowest BCUT2D eigenvalue weighted by Gasteiger charge is -2.30. The summed E-state index contributed by atoms with van der Waals surface area (Å²) < 4.78 is 54.9. The molecule has 0 heterocycles. The summed E-state index contributed by atoms with van der Waals surface area (Å²) >= 11 is 0. The van der Waals surface area contributed by atoms with Crippen molar-refractivity contribution < 1.29 is 32.5 Å². The maximum Gasteiger partial charge on any atom is 0.343 e. The molecular formula is C31H31F3O4. The summed E-state index contributed by atoms with van der Waals surface area (Å²) in [6.45, 7) is 5.76. The van der Waals surface area contributed by atoms with E-state index in [4.69, 9.17) is 9.47 Å². The first-order valence-corrected chi connectivity index (χ1v) is 12.8. The molecule has 1 aliphatic carbocycles. The molecule has 7 heteroatoms. The largest absolute Gasteiger partial charge is 0.493 e. The Bertz CT molecular complexity index is 1280. The highest BCUT2D eigenvalue weighted by Gasteiger charge is 2.29. The summed E-state index contributed by atoms with van der Waals surface area (Å²) in [6, 6.07) is 13.3. The van der Waals surface area contributed by atoms with Gasteiger partial charge in [-0.25, -0.2) is 13.6 Å². The normalized spacial score (nSPS) is 18.0. The number of esters is 1. The highest BCUT2D eigenvalue weighted by atomic mass is 19.2. The van der Waals surface area contributed by atoms with Crippen molar-refractivity contribution in [2.75, 3.05) is 6.61 Å². The Labute approximate surface area is 220 Å². The number of rotatable bonds is 9. The molecule has 4 nitrogen and oxygen atoms in total. The van der Waals surface area contributed by atoms with Gasteiger partial charge >= 0.3 is 5.97 Å². The number of hydrogen-bond acceptors (Lipinski definition) is 4. The van der Waals surface area contributed by atoms with Crippen molar-refractivity contribution in [3.63, 3.8) is 0 Å². The smallest absolute Gasteiger partial charge is 0.343 e. The number of ether oxygens (including phenoxy) is 2. The predicted molar refractivity (Wildman–Crippen MR) is 140 cm³/mol. The van der Waals surface area contributed by atoms with Gasteiger partial charge in [-0.15, -0.1) is 6.58 Å². The maximum absolute atomic E-state index is 14.9. The molecule has 0 bridgehead atoms. The molecule has 0 saturated heterocycles. The van der Waals surface area contributed by atoms with Crippen LogP contribution in [0.15, 0.2) is 67.3 Å². The van der Waals surface area contributed by atoms with Crippen molar-refractivity contribution in [3.8, 4) is 22.6 Å². The van der Waals surface area contributed by atoms with Crippen molar-refractivity contribution in [1.29, 1.82) is 0 Å². The Hall–Kier alpha value is -3.58. The fourth-order valence-corrected chi connectivity index (χ4v) is 4.88. The molecule has 1 atom stereocenters. The van der Waals surface area contributed by atoms with Gasteiger partial charge in [-0.05, 0) is 92.3 Å². The van der Waals surface area contributed by atoms with E-state index in [0.717, 1.165) is 12.8 Å². The van der Waals surface area contributed by atoms with E-state index in [0.29, 0.717) is 42.7 Å². The summed E-state index contributed by atoms with van der Waals surface area (Å²) in [6.07, 6.45) is 4.74. The molecule has 4 rings (SSSR count). The minimum atomic E-state index is -1.21. The van der Waals surface area contributed by atoms with E-state index in [2.05, 4.69) is 6.58 Å². The van der Waals surface area contributed by atoms with Crippen LogP contribution in [0.1, 0.15) is 60.9 Å². The van der Waals surface area contributed by atoms with Crippen molar-refractivity contribution in [2.24, 2.45) is 5.92 Å². The number of aliphatic hydroxyl groups is 1. The van der Waals surface area contributed by atoms with Gasteiger partial charge in [0.25, 0.3) is 0 Å². The predicted octanol–water partition coefficient (Wildman–Crippen LogP) is 7.60. The van der Waals surface area contributed by atoms with Gasteiger partial charge in [0, 0.05) is 11.6 Å². The molecule has 3 aromatic carbocycles. The molecule has 0 aromatic heterocycles. The minimum absolute atomic E-state index is 0.110. The zero-order valence-corrected chi connectivity index (χ0v) is 21.3. The van der Waals surface area contributed by atoms with Crippen LogP contribution in [-0.2, 0) is 0 Å². The van der Waals surface area contributed by atoms with E-state index in [1.54, 1.807) is 37.3 Å². The van der Waals surface area contributed by atoms with Gasteiger partial charge in [-0.3, -0.25) is 0 Å². The van der Waals surface area contributed by atoms with E-state index >= 15 is 0 Å². The monoisotopic (exact) mass is 524 g/mol. The molecule has 0 aliphatic heterocycles. The summed E-state index contributed by atoms with van der Waals surface area (Å²) in [5.41, 5.74) is 1.23. The van der Waals surface area contributed by atoms with Crippen LogP contribution < -0.4 is 9.47 Å². The van der Waals surface area contributed by atoms with Crippen LogP contribution in [0.3, 0.4) is 0 Å². The molecule has 0 spiro atoms. The highest BCUT2D eigenvalue weighted by Crippen LogP contribution is 2.39. The number of hydrogen-bond donors (Lipinski definition) is 1. The van der Waals surface area contributed by atoms with Crippen LogP contribution >= 0.6 is 0 Å². The summed E-state index contributed by atoms with van der Waals surface area (Å²) in [7, 11) is 0. The first kappa shape index (κ1) is 27.5. The zero-order chi connectivity index (χ0) is 27.2. The Morgan fingerprint density at radius 2 is 1.74 bits per heavy atom. The fraction of sp³-hybridized carbons (Fsp3) is 0.323. The minimum Gasteiger partial charge on any atom is -0.493 e. The van der Waals surface area contributed by atoms with Crippen molar-refractivity contribution in [2.45, 2.75) is 51.0 Å². The number of aliphatic hydroxyl groups excluding tert-OH is 1. The van der Waals surface area contributed by atoms with Gasteiger partial charge in [0.2, 0.25) is 5.82 Å². The average Bonchev–Trinajstić information content (AvgIpc) is 2.92. The van der Waals surface area contributed by atoms with Gasteiger partial charge in [-0.1, -0.05) is 24.3 Å². The molecular weight excluding hydrogens is 493 g/mol. The van der Waals surface area contributed by atoms with Crippen molar-refractivity contribution in [1.82, 2.24) is 0 Å². The van der Waals surface area contributed by atoms with Gasteiger partial charge < -0.3 is 14.6 Å². The van der Waals surface area contributed by atoms with E-state index < -0.39 is 35.3 Å². The fourth-order valence-electron chi connectivity index (χ4n) is 4.88. The van der Waals surface area contributed by atoms with Crippen LogP contribution in [0.5, 0.6) is 11.5 Å². The first-order valence-electron chi connectivity index (χ1n) is 12.8. The highest BCUT2D eigenvalue weighted by molar-refractivity contribution is 5.91. The quantitative estimate of drug-likeness (QED) is 0.136. The molecule has 200 valence electrons. The molecule has 0 amide bonds. The van der Waals surface area contributed by atoms with Gasteiger partial charge in [0.05, 0.1) is 18.3 Å². The van der Waals surface area contributed by atoms with Gasteiger partial charge in [0.15, 0.2) is 11.6 Å². The third-order valence-corrected chi connectivity index (χ3v) is 7.14. The number of benzene rings is 3. The third kappa shape index (κ3) is 6.27. The summed E-state index contributed by atoms with van der Waals surface area (Å²) in [5, 5.41) is 9.77. The van der Waals surface area contributed by atoms with Gasteiger partial charge in [-0.2, -0.15) is 4.39 Å². The topological polar surface area (TPSA) is 55.8 Å². The number of carbonyl (C=O) groups excluding carboxylic acids is 1. The van der Waals surface area contributed by atoms with Crippen molar-refractivity contribution >= 4 is 5.97 Å². The molecule has 38 heavy (non-hydrogen) atoms. The molecule has 1 unspecified atom stereocenters. The van der Waals surface area contributed by atoms with E-state index in [1.807, 2.05) is 0 Å². The van der Waals surface area contributed by atoms with Gasteiger partial charge in [0.1, 0.15) is 11.6 Å². The van der Waals surface area contributed by atoms with Crippen LogP contribution in [0, 0.1) is 23.4 Å². The average molecular weight is 525 g/mol. The molecule has 1 aliphatic rings. The van der Waals surface area contributed by atoms with Crippen LogP contribution in [0.25, 0.3) is 11.1 Å². The van der Waals surface area contributed by atoms with E-state index in [9.17, 15) is 23.1 Å². The lowest BCUT2D eigenvalue weighted by atomic mass is 9.77.